The van der Waals surface area contributed by atoms with Crippen LogP contribution in [0.1, 0.15) is 46.5 Å². The Balaban J connectivity index is 0.000000461. The molecule has 2 bridgehead atoms. The van der Waals surface area contributed by atoms with Gasteiger partial charge < -0.3 is 10.2 Å². The normalized spacial score (nSPS) is 35.4. The summed E-state index contributed by atoms with van der Waals surface area (Å²) in [5, 5.41) is 3.67. The predicted octanol–water partition coefficient (Wildman–Crippen LogP) is 2.25. The van der Waals surface area contributed by atoms with E-state index in [0.29, 0.717) is 0 Å². The molecule has 2 heteroatoms. The average Bonchev–Trinajstić information content (AvgIpc) is 2.59. The lowest BCUT2D eigenvalue weighted by molar-refractivity contribution is 0.180. The second kappa shape index (κ2) is 5.72. The fraction of sp³-hybridized carbons (Fsp3) is 1.00. The third kappa shape index (κ3) is 2.71. The van der Waals surface area contributed by atoms with Gasteiger partial charge >= 0.3 is 0 Å². The second-order valence-electron chi connectivity index (χ2n) is 4.34. The first-order chi connectivity index (χ1) is 6.79. The Hall–Kier alpha value is -0.0800. The van der Waals surface area contributed by atoms with E-state index in [1.54, 1.807) is 0 Å². The molecule has 2 aliphatic rings. The van der Waals surface area contributed by atoms with Crippen LogP contribution >= 0.6 is 0 Å². The van der Waals surface area contributed by atoms with Crippen molar-refractivity contribution in [1.29, 1.82) is 0 Å². The van der Waals surface area contributed by atoms with Crippen molar-refractivity contribution in [2.45, 2.75) is 64.6 Å². The van der Waals surface area contributed by atoms with Crippen LogP contribution in [0.5, 0.6) is 0 Å². The number of piperidine rings is 1. The number of nitrogens with one attached hydrogen (secondary N) is 1. The van der Waals surface area contributed by atoms with Crippen LogP contribution in [0.3, 0.4) is 0 Å². The molecule has 0 radical (unpaired) electrons. The highest BCUT2D eigenvalue weighted by Gasteiger charge is 2.34. The molecule has 2 aliphatic heterocycles. The maximum atomic E-state index is 3.67. The van der Waals surface area contributed by atoms with E-state index in [0.717, 1.165) is 18.1 Å². The Labute approximate surface area is 89.1 Å². The first-order valence-corrected chi connectivity index (χ1v) is 6.26. The second-order valence-corrected chi connectivity index (χ2v) is 4.34. The van der Waals surface area contributed by atoms with E-state index >= 15 is 0 Å². The van der Waals surface area contributed by atoms with Crippen molar-refractivity contribution in [3.8, 4) is 0 Å². The lowest BCUT2D eigenvalue weighted by Gasteiger charge is -2.34. The zero-order valence-corrected chi connectivity index (χ0v) is 10.2. The Kier molecular flexibility index (Phi) is 4.90. The molecular weight excluding hydrogens is 172 g/mol. The molecule has 0 saturated carbocycles. The van der Waals surface area contributed by atoms with Crippen LogP contribution in [0.4, 0.5) is 0 Å². The highest BCUT2D eigenvalue weighted by Crippen LogP contribution is 2.28. The van der Waals surface area contributed by atoms with Crippen molar-refractivity contribution >= 4 is 0 Å². The summed E-state index contributed by atoms with van der Waals surface area (Å²) < 4.78 is 0. The van der Waals surface area contributed by atoms with Crippen LogP contribution in [0, 0.1) is 0 Å². The molecule has 0 amide bonds. The Bertz CT molecular complexity index is 146. The molecule has 0 aromatic heterocycles. The molecule has 84 valence electrons. The summed E-state index contributed by atoms with van der Waals surface area (Å²) in [4.78, 5) is 2.51. The smallest absolute Gasteiger partial charge is 0.0122 e. The van der Waals surface area contributed by atoms with E-state index in [1.807, 2.05) is 13.8 Å². The Morgan fingerprint density at radius 1 is 1.14 bits per heavy atom. The molecule has 14 heavy (non-hydrogen) atoms. The molecular formula is C12H26N2. The number of fused-ring (bicyclic) bond motifs is 2. The zero-order valence-electron chi connectivity index (χ0n) is 10.2. The molecule has 2 nitrogen and oxygen atoms in total. The summed E-state index contributed by atoms with van der Waals surface area (Å²) >= 11 is 0. The van der Waals surface area contributed by atoms with Crippen LogP contribution in [0.2, 0.25) is 0 Å². The summed E-state index contributed by atoms with van der Waals surface area (Å²) in [6.45, 7) is 7.45. The summed E-state index contributed by atoms with van der Waals surface area (Å²) in [5.74, 6) is 0. The van der Waals surface area contributed by atoms with Gasteiger partial charge in [-0.3, -0.25) is 0 Å². The summed E-state index contributed by atoms with van der Waals surface area (Å²) in [6, 6.07) is 2.53. The van der Waals surface area contributed by atoms with Gasteiger partial charge in [0, 0.05) is 18.1 Å². The van der Waals surface area contributed by atoms with Crippen molar-refractivity contribution < 1.29 is 0 Å². The zero-order chi connectivity index (χ0) is 10.6. The van der Waals surface area contributed by atoms with E-state index in [4.69, 9.17) is 0 Å². The minimum atomic E-state index is 0.836. The van der Waals surface area contributed by atoms with Gasteiger partial charge in [-0.05, 0) is 39.3 Å². The van der Waals surface area contributed by atoms with Gasteiger partial charge in [0.05, 0.1) is 0 Å². The maximum Gasteiger partial charge on any atom is 0.0122 e. The van der Waals surface area contributed by atoms with E-state index in [2.05, 4.69) is 24.2 Å². The van der Waals surface area contributed by atoms with Gasteiger partial charge in [0.25, 0.3) is 0 Å². The molecule has 1 N–H and O–H groups in total. The molecule has 2 saturated heterocycles. The van der Waals surface area contributed by atoms with E-state index in [-0.39, 0.29) is 0 Å². The third-order valence-electron chi connectivity index (χ3n) is 3.57. The summed E-state index contributed by atoms with van der Waals surface area (Å²) in [5.41, 5.74) is 0. The number of hydrogen-bond donors (Lipinski definition) is 1. The van der Waals surface area contributed by atoms with Crippen molar-refractivity contribution in [3.05, 3.63) is 0 Å². The molecule has 2 rings (SSSR count). The predicted molar refractivity (Wildman–Crippen MR) is 62.6 cm³/mol. The molecule has 2 fully saturated rings. The van der Waals surface area contributed by atoms with Gasteiger partial charge in [-0.2, -0.15) is 0 Å². The van der Waals surface area contributed by atoms with Crippen molar-refractivity contribution in [2.24, 2.45) is 0 Å². The van der Waals surface area contributed by atoms with Gasteiger partial charge in [0.1, 0.15) is 0 Å². The largest absolute Gasteiger partial charge is 0.311 e. The molecule has 0 aliphatic carbocycles. The number of hydrogen-bond acceptors (Lipinski definition) is 2. The van der Waals surface area contributed by atoms with E-state index < -0.39 is 0 Å². The van der Waals surface area contributed by atoms with E-state index in [9.17, 15) is 0 Å². The average molecular weight is 198 g/mol. The summed E-state index contributed by atoms with van der Waals surface area (Å²) in [7, 11) is 2.26. The standard InChI is InChI=1S/C10H20N2.C2H6/c1-3-12(2)10-6-8-4-5-9(7-10)11-8;1-2/h8-11H,3-7H2,1-2H3;1-2H3. The molecule has 2 heterocycles. The summed E-state index contributed by atoms with van der Waals surface area (Å²) in [6.07, 6.45) is 5.58. The van der Waals surface area contributed by atoms with Crippen LogP contribution in [-0.4, -0.2) is 36.6 Å². The van der Waals surface area contributed by atoms with Crippen molar-refractivity contribution in [2.75, 3.05) is 13.6 Å². The molecule has 0 aromatic rings. The quantitative estimate of drug-likeness (QED) is 0.732. The third-order valence-corrected chi connectivity index (χ3v) is 3.57. The SMILES string of the molecule is CC.CCN(C)C1CC2CCC(C1)N2. The van der Waals surface area contributed by atoms with Crippen molar-refractivity contribution in [3.63, 3.8) is 0 Å². The minimum absolute atomic E-state index is 0.836. The van der Waals surface area contributed by atoms with Gasteiger partial charge in [-0.1, -0.05) is 20.8 Å². The maximum absolute atomic E-state index is 3.67. The van der Waals surface area contributed by atoms with Crippen LogP contribution in [0.15, 0.2) is 0 Å². The number of nitrogens with zero attached hydrogens (tertiary/aromatic N) is 1. The lowest BCUT2D eigenvalue weighted by atomic mass is 9.99. The monoisotopic (exact) mass is 198 g/mol. The molecule has 2 unspecified atom stereocenters. The fourth-order valence-electron chi connectivity index (χ4n) is 2.65. The molecule has 0 aromatic carbocycles. The highest BCUT2D eigenvalue weighted by molar-refractivity contribution is 4.94. The number of rotatable bonds is 2. The van der Waals surface area contributed by atoms with Crippen LogP contribution in [0.25, 0.3) is 0 Å². The van der Waals surface area contributed by atoms with E-state index in [1.165, 1.54) is 32.2 Å². The molecule has 2 atom stereocenters. The first kappa shape index (κ1) is 12.0. The highest BCUT2D eigenvalue weighted by atomic mass is 15.2. The van der Waals surface area contributed by atoms with Gasteiger partial charge in [-0.15, -0.1) is 0 Å². The minimum Gasteiger partial charge on any atom is -0.311 e. The van der Waals surface area contributed by atoms with Gasteiger partial charge in [-0.25, -0.2) is 0 Å². The van der Waals surface area contributed by atoms with Crippen LogP contribution < -0.4 is 5.32 Å². The van der Waals surface area contributed by atoms with Gasteiger partial charge in [0.15, 0.2) is 0 Å². The lowest BCUT2D eigenvalue weighted by Crippen LogP contribution is -2.46. The first-order valence-electron chi connectivity index (χ1n) is 6.26. The fourth-order valence-corrected chi connectivity index (χ4v) is 2.65. The molecule has 0 spiro atoms. The van der Waals surface area contributed by atoms with Crippen molar-refractivity contribution in [1.82, 2.24) is 10.2 Å². The van der Waals surface area contributed by atoms with Gasteiger partial charge in [0.2, 0.25) is 0 Å². The Morgan fingerprint density at radius 2 is 1.64 bits per heavy atom. The topological polar surface area (TPSA) is 15.3 Å². The van der Waals surface area contributed by atoms with Crippen LogP contribution in [-0.2, 0) is 0 Å². The Morgan fingerprint density at radius 3 is 2.07 bits per heavy atom.